The number of aliphatic hydroxyl groups excluding tert-OH is 2. The van der Waals surface area contributed by atoms with E-state index in [1.165, 1.54) is 0 Å². The van der Waals surface area contributed by atoms with Crippen molar-refractivity contribution in [1.29, 1.82) is 0 Å². The number of rotatable bonds is 27. The number of nitrogens with zero attached hydrogens (tertiary/aromatic N) is 3. The molecule has 1 atom stereocenters. The van der Waals surface area contributed by atoms with E-state index in [-0.39, 0.29) is 26.0 Å². The highest BCUT2D eigenvalue weighted by molar-refractivity contribution is 4.92. The van der Waals surface area contributed by atoms with Crippen LogP contribution in [-0.4, -0.2) is 137 Å². The molecule has 39 heavy (non-hydrogen) atoms. The van der Waals surface area contributed by atoms with Gasteiger partial charge in [-0.05, 0) is 19.3 Å². The Morgan fingerprint density at radius 2 is 1.08 bits per heavy atom. The van der Waals surface area contributed by atoms with Crippen molar-refractivity contribution in [3.63, 3.8) is 0 Å². The molecule has 1 aliphatic rings. The van der Waals surface area contributed by atoms with E-state index in [2.05, 4.69) is 10.1 Å². The standard InChI is InChI=1S/C25H47N3O11/c29-4-7-31-9-11-33-13-15-35-17-19-37-21-23-26-24(28(27-23)25-3-1-2-6-39-25)22-38-20-18-36-16-14-34-12-10-32-8-5-30/h25,29-30H,1-22H2. The Balaban J connectivity index is 1.57. The average Bonchev–Trinajstić information content (AvgIpc) is 3.37. The van der Waals surface area contributed by atoms with Crippen molar-refractivity contribution in [3.05, 3.63) is 11.6 Å². The third-order valence-electron chi connectivity index (χ3n) is 5.34. The minimum absolute atomic E-state index is 0.0142. The van der Waals surface area contributed by atoms with Gasteiger partial charge in [0.1, 0.15) is 13.2 Å². The van der Waals surface area contributed by atoms with Gasteiger partial charge in [0.15, 0.2) is 17.9 Å². The van der Waals surface area contributed by atoms with Crippen molar-refractivity contribution < 1.29 is 52.8 Å². The van der Waals surface area contributed by atoms with E-state index in [0.717, 1.165) is 19.3 Å². The summed E-state index contributed by atoms with van der Waals surface area (Å²) in [4.78, 5) is 4.61. The van der Waals surface area contributed by atoms with Crippen LogP contribution < -0.4 is 0 Å². The second-order valence-electron chi connectivity index (χ2n) is 8.44. The van der Waals surface area contributed by atoms with Gasteiger partial charge in [0, 0.05) is 6.61 Å². The molecule has 1 fully saturated rings. The first-order valence-electron chi connectivity index (χ1n) is 13.7. The smallest absolute Gasteiger partial charge is 0.176 e. The molecule has 0 aromatic carbocycles. The topological polar surface area (TPSA) is 154 Å². The third-order valence-corrected chi connectivity index (χ3v) is 5.34. The SMILES string of the molecule is OCCOCCOCCOCCOCc1nc(COCCOCCOCCOCCO)n(C2CCCCO2)n1. The molecule has 1 aromatic heterocycles. The predicted octanol–water partition coefficient (Wildman–Crippen LogP) is 0.0946. The minimum atomic E-state index is -0.147. The van der Waals surface area contributed by atoms with E-state index >= 15 is 0 Å². The molecular weight excluding hydrogens is 518 g/mol. The van der Waals surface area contributed by atoms with E-state index in [4.69, 9.17) is 52.8 Å². The molecule has 0 saturated carbocycles. The van der Waals surface area contributed by atoms with Crippen LogP contribution in [0.5, 0.6) is 0 Å². The lowest BCUT2D eigenvalue weighted by atomic mass is 10.2. The fourth-order valence-corrected chi connectivity index (χ4v) is 3.49. The molecule has 1 aliphatic heterocycles. The van der Waals surface area contributed by atoms with Crippen molar-refractivity contribution in [2.24, 2.45) is 0 Å². The molecule has 0 bridgehead atoms. The van der Waals surface area contributed by atoms with Crippen LogP contribution in [0.2, 0.25) is 0 Å². The quantitative estimate of drug-likeness (QED) is 0.139. The van der Waals surface area contributed by atoms with Crippen molar-refractivity contribution in [2.45, 2.75) is 38.7 Å². The highest BCUT2D eigenvalue weighted by Gasteiger charge is 2.22. The zero-order valence-electron chi connectivity index (χ0n) is 23.0. The maximum Gasteiger partial charge on any atom is 0.176 e. The van der Waals surface area contributed by atoms with Gasteiger partial charge < -0.3 is 52.8 Å². The van der Waals surface area contributed by atoms with Gasteiger partial charge in [-0.2, -0.15) is 5.10 Å². The molecule has 14 heteroatoms. The first-order chi connectivity index (χ1) is 19.3. The number of hydrogen-bond donors (Lipinski definition) is 2. The number of aliphatic hydroxyl groups is 2. The second kappa shape index (κ2) is 24.5. The number of ether oxygens (including phenoxy) is 9. The lowest BCUT2D eigenvalue weighted by Crippen LogP contribution is -2.22. The van der Waals surface area contributed by atoms with Crippen LogP contribution in [0.1, 0.15) is 37.1 Å². The van der Waals surface area contributed by atoms with Gasteiger partial charge in [-0.1, -0.05) is 0 Å². The van der Waals surface area contributed by atoms with E-state index in [9.17, 15) is 0 Å². The maximum absolute atomic E-state index is 8.63. The predicted molar refractivity (Wildman–Crippen MR) is 137 cm³/mol. The molecule has 2 N–H and O–H groups in total. The summed E-state index contributed by atoms with van der Waals surface area (Å²) in [5.74, 6) is 1.27. The highest BCUT2D eigenvalue weighted by atomic mass is 16.6. The van der Waals surface area contributed by atoms with Gasteiger partial charge >= 0.3 is 0 Å². The van der Waals surface area contributed by atoms with Gasteiger partial charge in [0.25, 0.3) is 0 Å². The summed E-state index contributed by atoms with van der Waals surface area (Å²) < 4.78 is 51.2. The van der Waals surface area contributed by atoms with Gasteiger partial charge in [-0.3, -0.25) is 0 Å². The summed E-state index contributed by atoms with van der Waals surface area (Å²) in [6.45, 7) is 7.37. The van der Waals surface area contributed by atoms with Crippen molar-refractivity contribution in [2.75, 3.05) is 112 Å². The summed E-state index contributed by atoms with van der Waals surface area (Å²) in [5.41, 5.74) is 0. The lowest BCUT2D eigenvalue weighted by Gasteiger charge is -2.23. The molecule has 0 spiro atoms. The van der Waals surface area contributed by atoms with Crippen LogP contribution in [0.25, 0.3) is 0 Å². The van der Waals surface area contributed by atoms with E-state index < -0.39 is 0 Å². The summed E-state index contributed by atoms with van der Waals surface area (Å²) in [6.07, 6.45) is 2.86. The largest absolute Gasteiger partial charge is 0.394 e. The Hall–Kier alpha value is -1.30. The fourth-order valence-electron chi connectivity index (χ4n) is 3.49. The number of hydrogen-bond acceptors (Lipinski definition) is 13. The molecule has 1 aromatic rings. The molecule has 228 valence electrons. The molecule has 0 amide bonds. The van der Waals surface area contributed by atoms with Crippen molar-refractivity contribution in [3.8, 4) is 0 Å². The lowest BCUT2D eigenvalue weighted by molar-refractivity contribution is -0.0465. The molecule has 1 unspecified atom stereocenters. The zero-order valence-corrected chi connectivity index (χ0v) is 23.0. The Morgan fingerprint density at radius 3 is 1.54 bits per heavy atom. The van der Waals surface area contributed by atoms with Crippen molar-refractivity contribution >= 4 is 0 Å². The Kier molecular flexibility index (Phi) is 21.3. The monoisotopic (exact) mass is 565 g/mol. The van der Waals surface area contributed by atoms with Crippen LogP contribution >= 0.6 is 0 Å². The first kappa shape index (κ1) is 33.9. The van der Waals surface area contributed by atoms with Crippen molar-refractivity contribution in [1.82, 2.24) is 14.8 Å². The molecule has 2 heterocycles. The third kappa shape index (κ3) is 17.2. The fraction of sp³-hybridized carbons (Fsp3) is 0.920. The Bertz CT molecular complexity index is 678. The van der Waals surface area contributed by atoms with E-state index in [1.807, 2.05) is 4.68 Å². The van der Waals surface area contributed by atoms with Crippen LogP contribution in [0, 0.1) is 0 Å². The second-order valence-corrected chi connectivity index (χ2v) is 8.44. The summed E-state index contributed by atoms with van der Waals surface area (Å²) in [6, 6.07) is 0. The van der Waals surface area contributed by atoms with Crippen LogP contribution in [0.3, 0.4) is 0 Å². The summed E-state index contributed by atoms with van der Waals surface area (Å²) in [7, 11) is 0. The molecule has 2 rings (SSSR count). The van der Waals surface area contributed by atoms with Gasteiger partial charge in [-0.25, -0.2) is 9.67 Å². The zero-order chi connectivity index (χ0) is 27.6. The summed E-state index contributed by atoms with van der Waals surface area (Å²) >= 11 is 0. The first-order valence-corrected chi connectivity index (χ1v) is 13.7. The van der Waals surface area contributed by atoms with Gasteiger partial charge in [-0.15, -0.1) is 0 Å². The van der Waals surface area contributed by atoms with Crippen LogP contribution in [-0.2, 0) is 55.8 Å². The van der Waals surface area contributed by atoms with Gasteiger partial charge in [0.2, 0.25) is 0 Å². The van der Waals surface area contributed by atoms with E-state index in [0.29, 0.717) is 117 Å². The van der Waals surface area contributed by atoms with Gasteiger partial charge in [0.05, 0.1) is 106 Å². The van der Waals surface area contributed by atoms with E-state index in [1.54, 1.807) is 0 Å². The molecular formula is C25H47N3O11. The highest BCUT2D eigenvalue weighted by Crippen LogP contribution is 2.23. The minimum Gasteiger partial charge on any atom is -0.394 e. The van der Waals surface area contributed by atoms with Crippen LogP contribution in [0.15, 0.2) is 0 Å². The molecule has 0 radical (unpaired) electrons. The average molecular weight is 566 g/mol. The van der Waals surface area contributed by atoms with Crippen LogP contribution in [0.4, 0.5) is 0 Å². The molecule has 0 aliphatic carbocycles. The summed E-state index contributed by atoms with van der Waals surface area (Å²) in [5, 5.41) is 21.9. The normalized spacial score (nSPS) is 15.8. The molecule has 14 nitrogen and oxygen atoms in total. The maximum atomic E-state index is 8.63. The Morgan fingerprint density at radius 1 is 0.615 bits per heavy atom. The molecule has 1 saturated heterocycles. The number of aromatic nitrogens is 3. The Labute approximate surface area is 230 Å².